The first-order valence-electron chi connectivity index (χ1n) is 6.57. The minimum absolute atomic E-state index is 0.332. The highest BCUT2D eigenvalue weighted by atomic mass is 16.2. The van der Waals surface area contributed by atoms with Crippen molar-refractivity contribution < 1.29 is 9.59 Å². The standard InChI is InChI=1S/C14H16N2O2.C2H6/c1-5-12(6-2)13-7-8-14(15-9-13)16(10(3)17)11(4)18;1-2/h5-9H,1H2,2-4H3;1-2H3/b12-6+;. The van der Waals surface area contributed by atoms with Gasteiger partial charge in [-0.05, 0) is 30.2 Å². The molecule has 20 heavy (non-hydrogen) atoms. The van der Waals surface area contributed by atoms with Gasteiger partial charge in [0.1, 0.15) is 5.82 Å². The van der Waals surface area contributed by atoms with Crippen LogP contribution in [0.5, 0.6) is 0 Å². The summed E-state index contributed by atoms with van der Waals surface area (Å²) in [7, 11) is 0. The Balaban J connectivity index is 0.00000172. The van der Waals surface area contributed by atoms with Crippen molar-refractivity contribution in [1.82, 2.24) is 4.98 Å². The third-order valence-corrected chi connectivity index (χ3v) is 2.47. The zero-order chi connectivity index (χ0) is 15.7. The minimum atomic E-state index is -0.349. The van der Waals surface area contributed by atoms with Gasteiger partial charge < -0.3 is 0 Å². The van der Waals surface area contributed by atoms with Crippen LogP contribution in [0.25, 0.3) is 5.57 Å². The molecular formula is C16H22N2O2. The van der Waals surface area contributed by atoms with Crippen LogP contribution in [0.15, 0.2) is 37.1 Å². The van der Waals surface area contributed by atoms with Crippen LogP contribution in [0.4, 0.5) is 5.82 Å². The zero-order valence-electron chi connectivity index (χ0n) is 12.8. The maximum Gasteiger partial charge on any atom is 0.231 e. The lowest BCUT2D eigenvalue weighted by atomic mass is 10.1. The lowest BCUT2D eigenvalue weighted by Crippen LogP contribution is -2.33. The number of rotatable bonds is 3. The summed E-state index contributed by atoms with van der Waals surface area (Å²) in [6.07, 6.45) is 5.26. The number of carbonyl (C=O) groups excluding carboxylic acids is 2. The van der Waals surface area contributed by atoms with E-state index >= 15 is 0 Å². The molecule has 0 N–H and O–H groups in total. The van der Waals surface area contributed by atoms with E-state index in [9.17, 15) is 9.59 Å². The van der Waals surface area contributed by atoms with Gasteiger partial charge in [0.25, 0.3) is 0 Å². The average molecular weight is 274 g/mol. The molecule has 1 aromatic heterocycles. The smallest absolute Gasteiger partial charge is 0.231 e. The topological polar surface area (TPSA) is 50.3 Å². The van der Waals surface area contributed by atoms with E-state index < -0.39 is 0 Å². The molecule has 0 saturated heterocycles. The number of amides is 2. The number of hydrogen-bond donors (Lipinski definition) is 0. The predicted octanol–water partition coefficient (Wildman–Crippen LogP) is 3.60. The number of hydrogen-bond acceptors (Lipinski definition) is 3. The van der Waals surface area contributed by atoms with Crippen molar-refractivity contribution in [2.75, 3.05) is 4.90 Å². The second-order valence-corrected chi connectivity index (χ2v) is 3.73. The Morgan fingerprint density at radius 1 is 1.20 bits per heavy atom. The van der Waals surface area contributed by atoms with Crippen molar-refractivity contribution >= 4 is 23.2 Å². The van der Waals surface area contributed by atoms with Crippen LogP contribution < -0.4 is 4.90 Å². The third-order valence-electron chi connectivity index (χ3n) is 2.47. The van der Waals surface area contributed by atoms with Crippen LogP contribution >= 0.6 is 0 Å². The van der Waals surface area contributed by atoms with Crippen molar-refractivity contribution in [3.63, 3.8) is 0 Å². The van der Waals surface area contributed by atoms with E-state index in [1.807, 2.05) is 26.8 Å². The quantitative estimate of drug-likeness (QED) is 0.791. The van der Waals surface area contributed by atoms with Gasteiger partial charge in [-0.2, -0.15) is 0 Å². The maximum atomic E-state index is 11.4. The Morgan fingerprint density at radius 3 is 2.05 bits per heavy atom. The minimum Gasteiger partial charge on any atom is -0.274 e. The third kappa shape index (κ3) is 4.46. The van der Waals surface area contributed by atoms with Crippen molar-refractivity contribution in [2.45, 2.75) is 34.6 Å². The van der Waals surface area contributed by atoms with Gasteiger partial charge >= 0.3 is 0 Å². The molecule has 1 heterocycles. The zero-order valence-corrected chi connectivity index (χ0v) is 12.8. The van der Waals surface area contributed by atoms with Gasteiger partial charge in [0.15, 0.2) is 0 Å². The fraction of sp³-hybridized carbons (Fsp3) is 0.312. The summed E-state index contributed by atoms with van der Waals surface area (Å²) in [5, 5.41) is 0. The molecule has 0 saturated carbocycles. The first-order chi connectivity index (χ1) is 9.51. The molecule has 0 aliphatic heterocycles. The van der Waals surface area contributed by atoms with E-state index in [1.54, 1.807) is 24.4 Å². The Hall–Kier alpha value is -2.23. The molecule has 0 aliphatic rings. The highest BCUT2D eigenvalue weighted by Crippen LogP contribution is 2.18. The van der Waals surface area contributed by atoms with E-state index in [1.165, 1.54) is 13.8 Å². The van der Waals surface area contributed by atoms with E-state index in [4.69, 9.17) is 0 Å². The maximum absolute atomic E-state index is 11.4. The number of imide groups is 1. The van der Waals surface area contributed by atoms with Crippen molar-refractivity contribution in [1.29, 1.82) is 0 Å². The van der Waals surface area contributed by atoms with Crippen LogP contribution in [0.2, 0.25) is 0 Å². The van der Waals surface area contributed by atoms with Gasteiger partial charge in [-0.3, -0.25) is 9.59 Å². The molecule has 0 aromatic carbocycles. The van der Waals surface area contributed by atoms with Crippen LogP contribution in [0, 0.1) is 0 Å². The van der Waals surface area contributed by atoms with Crippen molar-refractivity contribution in [3.8, 4) is 0 Å². The van der Waals surface area contributed by atoms with Gasteiger partial charge in [-0.15, -0.1) is 0 Å². The highest BCUT2D eigenvalue weighted by molar-refractivity contribution is 6.12. The molecule has 1 rings (SSSR count). The molecule has 1 aromatic rings. The first kappa shape index (κ1) is 17.8. The molecule has 0 fully saturated rings. The first-order valence-corrected chi connectivity index (χ1v) is 6.57. The summed E-state index contributed by atoms with van der Waals surface area (Å²) >= 11 is 0. The van der Waals surface area contributed by atoms with Crippen molar-refractivity contribution in [2.24, 2.45) is 0 Å². The van der Waals surface area contributed by atoms with E-state index in [0.717, 1.165) is 16.0 Å². The summed E-state index contributed by atoms with van der Waals surface area (Å²) in [6.45, 7) is 12.3. The molecule has 4 heteroatoms. The van der Waals surface area contributed by atoms with Gasteiger partial charge in [0.2, 0.25) is 11.8 Å². The monoisotopic (exact) mass is 274 g/mol. The SMILES string of the molecule is C=C/C(=C\C)c1ccc(N(C(C)=O)C(C)=O)nc1.CC. The van der Waals surface area contributed by atoms with Crippen LogP contribution in [0.3, 0.4) is 0 Å². The Morgan fingerprint density at radius 2 is 1.75 bits per heavy atom. The Labute approximate surface area is 120 Å². The molecule has 4 nitrogen and oxygen atoms in total. The Bertz CT molecular complexity index is 488. The summed E-state index contributed by atoms with van der Waals surface area (Å²) in [5.41, 5.74) is 1.84. The summed E-state index contributed by atoms with van der Waals surface area (Å²) in [6, 6.07) is 3.45. The summed E-state index contributed by atoms with van der Waals surface area (Å²) in [5.74, 6) is -0.367. The second kappa shape index (κ2) is 8.80. The molecule has 0 atom stereocenters. The van der Waals surface area contributed by atoms with Gasteiger partial charge in [0.05, 0.1) is 0 Å². The van der Waals surface area contributed by atoms with Crippen LogP contribution in [-0.4, -0.2) is 16.8 Å². The summed E-state index contributed by atoms with van der Waals surface area (Å²) in [4.78, 5) is 27.9. The number of aromatic nitrogens is 1. The van der Waals surface area contributed by atoms with Gasteiger partial charge in [0, 0.05) is 20.0 Å². The molecule has 0 radical (unpaired) electrons. The number of allylic oxidation sites excluding steroid dienone is 3. The lowest BCUT2D eigenvalue weighted by Gasteiger charge is -2.16. The average Bonchev–Trinajstić information content (AvgIpc) is 2.43. The molecule has 2 amide bonds. The molecule has 0 aliphatic carbocycles. The fourth-order valence-corrected chi connectivity index (χ4v) is 1.64. The Kier molecular flexibility index (Phi) is 7.82. The van der Waals surface area contributed by atoms with E-state index in [0.29, 0.717) is 5.82 Å². The number of carbonyl (C=O) groups is 2. The van der Waals surface area contributed by atoms with E-state index in [2.05, 4.69) is 11.6 Å². The normalized spacial score (nSPS) is 10.2. The summed E-state index contributed by atoms with van der Waals surface area (Å²) < 4.78 is 0. The van der Waals surface area contributed by atoms with Crippen molar-refractivity contribution in [3.05, 3.63) is 42.6 Å². The van der Waals surface area contributed by atoms with Gasteiger partial charge in [-0.25, -0.2) is 9.88 Å². The molecule has 108 valence electrons. The second-order valence-electron chi connectivity index (χ2n) is 3.73. The number of anilines is 1. The number of nitrogens with zero attached hydrogens (tertiary/aromatic N) is 2. The van der Waals surface area contributed by atoms with Gasteiger partial charge in [-0.1, -0.05) is 32.6 Å². The highest BCUT2D eigenvalue weighted by Gasteiger charge is 2.17. The van der Waals surface area contributed by atoms with Crippen LogP contribution in [0.1, 0.15) is 40.2 Å². The predicted molar refractivity (Wildman–Crippen MR) is 83.3 cm³/mol. The fourth-order valence-electron chi connectivity index (χ4n) is 1.64. The van der Waals surface area contributed by atoms with E-state index in [-0.39, 0.29) is 11.8 Å². The molecule has 0 bridgehead atoms. The lowest BCUT2D eigenvalue weighted by molar-refractivity contribution is -0.124. The largest absolute Gasteiger partial charge is 0.274 e. The molecule has 0 unspecified atom stereocenters. The molecular weight excluding hydrogens is 252 g/mol. The molecule has 0 spiro atoms. The number of pyridine rings is 1. The van der Waals surface area contributed by atoms with Crippen LogP contribution in [-0.2, 0) is 9.59 Å².